The van der Waals surface area contributed by atoms with Crippen LogP contribution in [-0.4, -0.2) is 9.91 Å². The highest BCUT2D eigenvalue weighted by molar-refractivity contribution is 6.33. The van der Waals surface area contributed by atoms with E-state index in [-0.39, 0.29) is 10.6 Å². The van der Waals surface area contributed by atoms with Crippen molar-refractivity contribution in [3.63, 3.8) is 0 Å². The Bertz CT molecular complexity index is 1070. The minimum Gasteiger partial charge on any atom is -0.345 e. The van der Waals surface area contributed by atoms with Crippen molar-refractivity contribution in [3.05, 3.63) is 74.9 Å². The third-order valence-electron chi connectivity index (χ3n) is 4.08. The number of aromatic amines is 1. The first kappa shape index (κ1) is 20.7. The van der Waals surface area contributed by atoms with Gasteiger partial charge in [0.1, 0.15) is 11.4 Å². The van der Waals surface area contributed by atoms with E-state index >= 15 is 0 Å². The van der Waals surface area contributed by atoms with Crippen LogP contribution in [0, 0.1) is 10.1 Å². The summed E-state index contributed by atoms with van der Waals surface area (Å²) >= 11 is 5.98. The van der Waals surface area contributed by atoms with Crippen molar-refractivity contribution in [2.75, 3.05) is 0 Å². The Balaban J connectivity index is 2.33. The largest absolute Gasteiger partial charge is 0.432 e. The molecule has 0 aliphatic carbocycles. The average molecular weight is 435 g/mol. The lowest BCUT2D eigenvalue weighted by Gasteiger charge is -2.10. The summed E-state index contributed by atoms with van der Waals surface area (Å²) in [5, 5.41) is 11.6. The molecule has 0 saturated carbocycles. The molecule has 1 aromatic heterocycles. The number of nitro groups is 1. The second-order valence-corrected chi connectivity index (χ2v) is 6.32. The molecule has 2 aromatic carbocycles. The van der Waals surface area contributed by atoms with Crippen LogP contribution in [0.3, 0.4) is 0 Å². The highest BCUT2D eigenvalue weighted by Crippen LogP contribution is 2.48. The Morgan fingerprint density at radius 3 is 1.97 bits per heavy atom. The molecule has 1 heterocycles. The van der Waals surface area contributed by atoms with Crippen LogP contribution < -0.4 is 0 Å². The van der Waals surface area contributed by atoms with Gasteiger partial charge in [0.2, 0.25) is 0 Å². The van der Waals surface area contributed by atoms with Crippen LogP contribution >= 0.6 is 11.6 Å². The van der Waals surface area contributed by atoms with E-state index in [9.17, 15) is 36.5 Å². The SMILES string of the molecule is O=[N+]([O-])c1c(-c2ccccc2Cl)[nH]c(C(F)(F)F)c1-c1ccc(C(F)(F)F)cc1. The fraction of sp³-hybridized carbons (Fsp3) is 0.111. The molecule has 1 N–H and O–H groups in total. The van der Waals surface area contributed by atoms with E-state index in [0.717, 1.165) is 12.1 Å². The van der Waals surface area contributed by atoms with Crippen molar-refractivity contribution in [1.29, 1.82) is 0 Å². The summed E-state index contributed by atoms with van der Waals surface area (Å²) in [6, 6.07) is 8.17. The first-order valence-corrected chi connectivity index (χ1v) is 8.19. The quantitative estimate of drug-likeness (QED) is 0.275. The highest BCUT2D eigenvalue weighted by Gasteiger charge is 2.42. The fourth-order valence-corrected chi connectivity index (χ4v) is 3.08. The van der Waals surface area contributed by atoms with Gasteiger partial charge in [0.15, 0.2) is 0 Å². The lowest BCUT2D eigenvalue weighted by molar-refractivity contribution is -0.383. The second-order valence-electron chi connectivity index (χ2n) is 5.91. The highest BCUT2D eigenvalue weighted by atomic mass is 35.5. The molecule has 29 heavy (non-hydrogen) atoms. The maximum Gasteiger partial charge on any atom is 0.432 e. The molecule has 3 aromatic rings. The summed E-state index contributed by atoms with van der Waals surface area (Å²) < 4.78 is 79.1. The number of halogens is 7. The molecular weight excluding hydrogens is 426 g/mol. The molecule has 0 aliphatic rings. The number of rotatable bonds is 3. The Labute approximate surface area is 163 Å². The van der Waals surface area contributed by atoms with Crippen LogP contribution in [0.1, 0.15) is 11.3 Å². The first-order valence-electron chi connectivity index (χ1n) is 7.81. The average Bonchev–Trinajstić information content (AvgIpc) is 3.02. The van der Waals surface area contributed by atoms with Gasteiger partial charge in [0.05, 0.1) is 21.1 Å². The molecule has 0 unspecified atom stereocenters. The number of hydrogen-bond acceptors (Lipinski definition) is 2. The van der Waals surface area contributed by atoms with Gasteiger partial charge in [-0.2, -0.15) is 26.3 Å². The van der Waals surface area contributed by atoms with Crippen LogP contribution in [0.15, 0.2) is 48.5 Å². The number of hydrogen-bond donors (Lipinski definition) is 1. The van der Waals surface area contributed by atoms with E-state index in [1.54, 1.807) is 0 Å². The summed E-state index contributed by atoms with van der Waals surface area (Å²) in [6.45, 7) is 0. The van der Waals surface area contributed by atoms with Crippen molar-refractivity contribution in [2.24, 2.45) is 0 Å². The van der Waals surface area contributed by atoms with E-state index in [1.165, 1.54) is 24.3 Å². The van der Waals surface area contributed by atoms with E-state index < -0.39 is 51.0 Å². The second kappa shape index (κ2) is 7.11. The standard InChI is InChI=1S/C18H9ClF6N2O2/c19-12-4-2-1-3-11(12)14-15(27(28)29)13(16(26-14)18(23,24)25)9-5-7-10(8-6-9)17(20,21)22/h1-8,26H. The summed E-state index contributed by atoms with van der Waals surface area (Å²) in [7, 11) is 0. The molecule has 0 amide bonds. The van der Waals surface area contributed by atoms with Crippen molar-refractivity contribution >= 4 is 17.3 Å². The van der Waals surface area contributed by atoms with E-state index in [4.69, 9.17) is 11.6 Å². The number of nitrogens with zero attached hydrogens (tertiary/aromatic N) is 1. The van der Waals surface area contributed by atoms with Crippen LogP contribution in [0.5, 0.6) is 0 Å². The zero-order chi connectivity index (χ0) is 21.6. The summed E-state index contributed by atoms with van der Waals surface area (Å²) in [5.74, 6) is 0. The minimum absolute atomic E-state index is 0.0375. The molecular formula is C18H9ClF6N2O2. The number of nitrogens with one attached hydrogen (secondary N) is 1. The number of H-pyrrole nitrogens is 1. The molecule has 0 spiro atoms. The molecule has 0 saturated heterocycles. The van der Waals surface area contributed by atoms with Gasteiger partial charge in [0, 0.05) is 5.56 Å². The lowest BCUT2D eigenvalue weighted by Crippen LogP contribution is -2.08. The van der Waals surface area contributed by atoms with Crippen molar-refractivity contribution in [2.45, 2.75) is 12.4 Å². The zero-order valence-electron chi connectivity index (χ0n) is 14.0. The fourth-order valence-electron chi connectivity index (χ4n) is 2.85. The van der Waals surface area contributed by atoms with Gasteiger partial charge in [-0.3, -0.25) is 10.1 Å². The zero-order valence-corrected chi connectivity index (χ0v) is 14.8. The maximum atomic E-state index is 13.6. The van der Waals surface area contributed by atoms with Crippen LogP contribution in [0.2, 0.25) is 5.02 Å². The van der Waals surface area contributed by atoms with Crippen LogP contribution in [0.25, 0.3) is 22.4 Å². The predicted molar refractivity (Wildman–Crippen MR) is 93.3 cm³/mol. The normalized spacial score (nSPS) is 12.2. The van der Waals surface area contributed by atoms with Gasteiger partial charge >= 0.3 is 18.0 Å². The number of alkyl halides is 6. The number of benzene rings is 2. The van der Waals surface area contributed by atoms with Crippen molar-refractivity contribution < 1.29 is 31.3 Å². The molecule has 3 rings (SSSR count). The van der Waals surface area contributed by atoms with Gasteiger partial charge in [0.25, 0.3) is 0 Å². The Morgan fingerprint density at radius 2 is 1.48 bits per heavy atom. The number of aromatic nitrogens is 1. The van der Waals surface area contributed by atoms with Crippen LogP contribution in [0.4, 0.5) is 32.0 Å². The van der Waals surface area contributed by atoms with E-state index in [2.05, 4.69) is 0 Å². The molecule has 152 valence electrons. The van der Waals surface area contributed by atoms with Gasteiger partial charge < -0.3 is 4.98 Å². The Kier molecular flexibility index (Phi) is 5.08. The molecule has 0 bridgehead atoms. The minimum atomic E-state index is -5.04. The Morgan fingerprint density at radius 1 is 0.897 bits per heavy atom. The van der Waals surface area contributed by atoms with Crippen LogP contribution in [-0.2, 0) is 12.4 Å². The first-order chi connectivity index (χ1) is 13.4. The molecule has 0 atom stereocenters. The van der Waals surface area contributed by atoms with Crippen molar-refractivity contribution in [1.82, 2.24) is 4.98 Å². The third kappa shape index (κ3) is 3.93. The molecule has 0 aliphatic heterocycles. The predicted octanol–water partition coefficient (Wildman–Crippen LogP) is 6.95. The van der Waals surface area contributed by atoms with E-state index in [0.29, 0.717) is 12.1 Å². The molecule has 11 heteroatoms. The lowest BCUT2D eigenvalue weighted by atomic mass is 10.0. The third-order valence-corrected chi connectivity index (χ3v) is 4.41. The van der Waals surface area contributed by atoms with Gasteiger partial charge in [-0.25, -0.2) is 0 Å². The molecule has 0 radical (unpaired) electrons. The summed E-state index contributed by atoms with van der Waals surface area (Å²) in [6.07, 6.45) is -9.75. The Hall–Kier alpha value is -3.01. The summed E-state index contributed by atoms with van der Waals surface area (Å²) in [5.41, 5.74) is -5.31. The van der Waals surface area contributed by atoms with E-state index in [1.807, 2.05) is 4.98 Å². The topological polar surface area (TPSA) is 58.9 Å². The van der Waals surface area contributed by atoms with Gasteiger partial charge in [-0.1, -0.05) is 41.9 Å². The molecule has 0 fully saturated rings. The van der Waals surface area contributed by atoms with Gasteiger partial charge in [-0.05, 0) is 23.8 Å². The monoisotopic (exact) mass is 434 g/mol. The summed E-state index contributed by atoms with van der Waals surface area (Å²) in [4.78, 5) is 12.6. The molecule has 4 nitrogen and oxygen atoms in total. The van der Waals surface area contributed by atoms with Crippen molar-refractivity contribution in [3.8, 4) is 22.4 Å². The van der Waals surface area contributed by atoms with Gasteiger partial charge in [-0.15, -0.1) is 0 Å². The smallest absolute Gasteiger partial charge is 0.345 e. The maximum absolute atomic E-state index is 13.6.